The Morgan fingerprint density at radius 1 is 0.966 bits per heavy atom. The van der Waals surface area contributed by atoms with Crippen LogP contribution in [0.15, 0.2) is 77.6 Å². The molecular formula is C22H16FN3O3. The third kappa shape index (κ3) is 3.34. The van der Waals surface area contributed by atoms with E-state index in [1.807, 2.05) is 0 Å². The standard InChI is InChI=1S/C22H16FN3O3/c1-29-19-13-7-6-12-18(19)26-22(28)15-9-3-2-8-14(15)20(25-26)21(27)24-17-11-5-4-10-16(17)23/h2-13H,1H3,(H,24,27). The predicted molar refractivity (Wildman–Crippen MR) is 108 cm³/mol. The molecule has 0 bridgehead atoms. The van der Waals surface area contributed by atoms with Gasteiger partial charge in [-0.05, 0) is 30.3 Å². The summed E-state index contributed by atoms with van der Waals surface area (Å²) in [5.41, 5.74) is 0.0195. The number of carbonyl (C=O) groups is 1. The maximum absolute atomic E-state index is 14.0. The molecule has 0 aliphatic carbocycles. The molecule has 0 aliphatic heterocycles. The van der Waals surface area contributed by atoms with Gasteiger partial charge in [0.15, 0.2) is 5.69 Å². The van der Waals surface area contributed by atoms with Gasteiger partial charge in [0.1, 0.15) is 17.3 Å². The highest BCUT2D eigenvalue weighted by atomic mass is 19.1. The van der Waals surface area contributed by atoms with Gasteiger partial charge in [-0.25, -0.2) is 4.39 Å². The highest BCUT2D eigenvalue weighted by Gasteiger charge is 2.19. The van der Waals surface area contributed by atoms with E-state index < -0.39 is 17.3 Å². The average Bonchev–Trinajstić information content (AvgIpc) is 2.76. The number of carbonyl (C=O) groups excluding carboxylic acids is 1. The first kappa shape index (κ1) is 18.4. The zero-order valence-corrected chi connectivity index (χ0v) is 15.4. The van der Waals surface area contributed by atoms with Crippen LogP contribution in [0.4, 0.5) is 10.1 Å². The normalized spacial score (nSPS) is 10.7. The van der Waals surface area contributed by atoms with E-state index in [0.717, 1.165) is 4.68 Å². The molecule has 29 heavy (non-hydrogen) atoms. The molecule has 4 aromatic rings. The minimum absolute atomic E-state index is 0.00522. The Hall–Kier alpha value is -4.00. The number of methoxy groups -OCH3 is 1. The molecule has 0 saturated heterocycles. The summed E-state index contributed by atoms with van der Waals surface area (Å²) in [5, 5.41) is 7.50. The second kappa shape index (κ2) is 7.55. The molecule has 1 N–H and O–H groups in total. The van der Waals surface area contributed by atoms with Crippen LogP contribution in [0.2, 0.25) is 0 Å². The Balaban J connectivity index is 1.92. The van der Waals surface area contributed by atoms with Crippen LogP contribution in [0.3, 0.4) is 0 Å². The van der Waals surface area contributed by atoms with Crippen molar-refractivity contribution in [1.82, 2.24) is 9.78 Å². The van der Waals surface area contributed by atoms with E-state index in [2.05, 4.69) is 10.4 Å². The number of halogens is 1. The van der Waals surface area contributed by atoms with Crippen molar-refractivity contribution in [3.05, 3.63) is 94.7 Å². The Bertz CT molecular complexity index is 1280. The van der Waals surface area contributed by atoms with Gasteiger partial charge in [0, 0.05) is 5.39 Å². The van der Waals surface area contributed by atoms with Gasteiger partial charge in [-0.1, -0.05) is 42.5 Å². The zero-order chi connectivity index (χ0) is 20.4. The number of aromatic nitrogens is 2. The SMILES string of the molecule is COc1ccccc1-n1nc(C(=O)Nc2ccccc2F)c2ccccc2c1=O. The Morgan fingerprint density at radius 3 is 2.38 bits per heavy atom. The molecule has 4 rings (SSSR count). The van der Waals surface area contributed by atoms with Crippen molar-refractivity contribution in [3.8, 4) is 11.4 Å². The number of nitrogens with one attached hydrogen (secondary N) is 1. The highest BCUT2D eigenvalue weighted by Crippen LogP contribution is 2.23. The number of hydrogen-bond donors (Lipinski definition) is 1. The maximum Gasteiger partial charge on any atom is 0.279 e. The van der Waals surface area contributed by atoms with Crippen molar-refractivity contribution in [1.29, 1.82) is 0 Å². The maximum atomic E-state index is 14.0. The summed E-state index contributed by atoms with van der Waals surface area (Å²) in [5.74, 6) is -0.768. The molecule has 6 nitrogen and oxygen atoms in total. The summed E-state index contributed by atoms with van der Waals surface area (Å²) >= 11 is 0. The molecule has 0 fully saturated rings. The van der Waals surface area contributed by atoms with Gasteiger partial charge < -0.3 is 10.1 Å². The van der Waals surface area contributed by atoms with Crippen molar-refractivity contribution in [2.45, 2.75) is 0 Å². The molecule has 144 valence electrons. The molecule has 0 saturated carbocycles. The van der Waals surface area contributed by atoms with E-state index in [0.29, 0.717) is 22.2 Å². The second-order valence-corrected chi connectivity index (χ2v) is 6.22. The first-order valence-corrected chi connectivity index (χ1v) is 8.81. The second-order valence-electron chi connectivity index (χ2n) is 6.22. The minimum atomic E-state index is -0.630. The molecule has 3 aromatic carbocycles. The Kier molecular flexibility index (Phi) is 4.78. The lowest BCUT2D eigenvalue weighted by molar-refractivity contribution is 0.102. The fourth-order valence-corrected chi connectivity index (χ4v) is 3.07. The Labute approximate surface area is 165 Å². The molecule has 0 unspecified atom stereocenters. The number of nitrogens with zero attached hydrogens (tertiary/aromatic N) is 2. The Morgan fingerprint density at radius 2 is 1.62 bits per heavy atom. The average molecular weight is 389 g/mol. The number of fused-ring (bicyclic) bond motifs is 1. The lowest BCUT2D eigenvalue weighted by Crippen LogP contribution is -2.27. The van der Waals surface area contributed by atoms with Gasteiger partial charge in [0.05, 0.1) is 18.2 Å². The lowest BCUT2D eigenvalue weighted by Gasteiger charge is -2.13. The fraction of sp³-hybridized carbons (Fsp3) is 0.0455. The first-order chi connectivity index (χ1) is 14.1. The van der Waals surface area contributed by atoms with Gasteiger partial charge >= 0.3 is 0 Å². The summed E-state index contributed by atoms with van der Waals surface area (Å²) in [6.07, 6.45) is 0. The molecule has 7 heteroatoms. The summed E-state index contributed by atoms with van der Waals surface area (Å²) in [4.78, 5) is 26.0. The molecule has 1 amide bonds. The van der Waals surface area contributed by atoms with Crippen molar-refractivity contribution < 1.29 is 13.9 Å². The van der Waals surface area contributed by atoms with Gasteiger partial charge in [0.2, 0.25) is 0 Å². The number of hydrogen-bond acceptors (Lipinski definition) is 4. The van der Waals surface area contributed by atoms with Gasteiger partial charge in [0.25, 0.3) is 11.5 Å². The van der Waals surface area contributed by atoms with E-state index in [4.69, 9.17) is 4.74 Å². The summed E-state index contributed by atoms with van der Waals surface area (Å²) in [6, 6.07) is 19.4. The number of rotatable bonds is 4. The van der Waals surface area contributed by atoms with Crippen LogP contribution in [-0.4, -0.2) is 22.8 Å². The predicted octanol–water partition coefficient (Wildman–Crippen LogP) is 3.79. The third-order valence-electron chi connectivity index (χ3n) is 4.46. The fourth-order valence-electron chi connectivity index (χ4n) is 3.07. The topological polar surface area (TPSA) is 73.2 Å². The molecule has 1 heterocycles. The summed E-state index contributed by atoms with van der Waals surface area (Å²) < 4.78 is 20.4. The zero-order valence-electron chi connectivity index (χ0n) is 15.4. The smallest absolute Gasteiger partial charge is 0.279 e. The number of benzene rings is 3. The minimum Gasteiger partial charge on any atom is -0.494 e. The van der Waals surface area contributed by atoms with Crippen LogP contribution in [0.5, 0.6) is 5.75 Å². The molecule has 0 aliphatic rings. The number of ether oxygens (including phenoxy) is 1. The van der Waals surface area contributed by atoms with E-state index in [-0.39, 0.29) is 11.4 Å². The molecule has 0 radical (unpaired) electrons. The first-order valence-electron chi connectivity index (χ1n) is 8.81. The summed E-state index contributed by atoms with van der Waals surface area (Å²) in [6.45, 7) is 0. The van der Waals surface area contributed by atoms with Crippen molar-refractivity contribution in [3.63, 3.8) is 0 Å². The van der Waals surface area contributed by atoms with Gasteiger partial charge in [-0.3, -0.25) is 9.59 Å². The monoisotopic (exact) mass is 389 g/mol. The van der Waals surface area contributed by atoms with E-state index in [1.54, 1.807) is 54.6 Å². The van der Waals surface area contributed by atoms with Crippen LogP contribution in [0, 0.1) is 5.82 Å². The van der Waals surface area contributed by atoms with Gasteiger partial charge in [-0.2, -0.15) is 9.78 Å². The molecule has 0 atom stereocenters. The van der Waals surface area contributed by atoms with Gasteiger partial charge in [-0.15, -0.1) is 0 Å². The van der Waals surface area contributed by atoms with Crippen molar-refractivity contribution in [2.24, 2.45) is 0 Å². The largest absolute Gasteiger partial charge is 0.494 e. The van der Waals surface area contributed by atoms with Crippen LogP contribution in [0.1, 0.15) is 10.5 Å². The van der Waals surface area contributed by atoms with E-state index in [9.17, 15) is 14.0 Å². The van der Waals surface area contributed by atoms with Crippen LogP contribution in [-0.2, 0) is 0 Å². The molecular weight excluding hydrogens is 373 g/mol. The number of anilines is 1. The summed E-state index contributed by atoms with van der Waals surface area (Å²) in [7, 11) is 1.48. The van der Waals surface area contributed by atoms with Crippen molar-refractivity contribution in [2.75, 3.05) is 12.4 Å². The van der Waals surface area contributed by atoms with Crippen LogP contribution < -0.4 is 15.6 Å². The molecule has 1 aromatic heterocycles. The van der Waals surface area contributed by atoms with Crippen molar-refractivity contribution >= 4 is 22.4 Å². The quantitative estimate of drug-likeness (QED) is 0.576. The van der Waals surface area contributed by atoms with Crippen LogP contribution in [0.25, 0.3) is 16.5 Å². The third-order valence-corrected chi connectivity index (χ3v) is 4.46. The van der Waals surface area contributed by atoms with E-state index in [1.165, 1.54) is 25.3 Å². The van der Waals surface area contributed by atoms with Crippen LogP contribution >= 0.6 is 0 Å². The lowest BCUT2D eigenvalue weighted by atomic mass is 10.1. The highest BCUT2D eigenvalue weighted by molar-refractivity contribution is 6.11. The number of para-hydroxylation sites is 3. The van der Waals surface area contributed by atoms with E-state index >= 15 is 0 Å². The number of amides is 1. The molecule has 0 spiro atoms.